The van der Waals surface area contributed by atoms with Crippen LogP contribution in [-0.2, 0) is 0 Å². The highest BCUT2D eigenvalue weighted by molar-refractivity contribution is 9.10. The van der Waals surface area contributed by atoms with Crippen molar-refractivity contribution in [3.8, 4) is 5.75 Å². The predicted molar refractivity (Wildman–Crippen MR) is 83.7 cm³/mol. The molecule has 0 aromatic heterocycles. The lowest BCUT2D eigenvalue weighted by atomic mass is 9.89. The Hall–Kier alpha value is -0.540. The van der Waals surface area contributed by atoms with Crippen LogP contribution >= 0.6 is 15.9 Å². The van der Waals surface area contributed by atoms with Gasteiger partial charge in [0.25, 0.3) is 0 Å². The average molecular weight is 326 g/mol. The van der Waals surface area contributed by atoms with Crippen LogP contribution < -0.4 is 10.1 Å². The lowest BCUT2D eigenvalue weighted by Gasteiger charge is -2.25. The lowest BCUT2D eigenvalue weighted by molar-refractivity contribution is 0.216. The van der Waals surface area contributed by atoms with Crippen LogP contribution in [0.15, 0.2) is 22.7 Å². The number of hydrogen-bond acceptors (Lipinski definition) is 2. The molecule has 2 rings (SSSR count). The summed E-state index contributed by atoms with van der Waals surface area (Å²) in [7, 11) is 0. The van der Waals surface area contributed by atoms with Crippen LogP contribution in [0.25, 0.3) is 0 Å². The van der Waals surface area contributed by atoms with Gasteiger partial charge >= 0.3 is 0 Å². The lowest BCUT2D eigenvalue weighted by Crippen LogP contribution is -2.29. The molecule has 0 amide bonds. The minimum Gasteiger partial charge on any atom is -0.493 e. The molecule has 1 aromatic carbocycles. The number of halogens is 1. The molecular formula is C16H24BrNO. The number of hydrogen-bond donors (Lipinski definition) is 1. The zero-order valence-corrected chi connectivity index (χ0v) is 13.5. The molecule has 19 heavy (non-hydrogen) atoms. The zero-order valence-electron chi connectivity index (χ0n) is 11.9. The first-order valence-electron chi connectivity index (χ1n) is 7.25. The summed E-state index contributed by atoms with van der Waals surface area (Å²) in [6.45, 7) is 7.59. The van der Waals surface area contributed by atoms with E-state index in [0.29, 0.717) is 5.92 Å². The van der Waals surface area contributed by atoms with E-state index in [1.54, 1.807) is 0 Å². The zero-order chi connectivity index (χ0) is 13.7. The van der Waals surface area contributed by atoms with Crippen molar-refractivity contribution in [1.82, 2.24) is 5.32 Å². The van der Waals surface area contributed by atoms with E-state index >= 15 is 0 Å². The number of rotatable bonds is 5. The van der Waals surface area contributed by atoms with Gasteiger partial charge in [-0.25, -0.2) is 0 Å². The molecule has 2 nitrogen and oxygen atoms in total. The van der Waals surface area contributed by atoms with Gasteiger partial charge < -0.3 is 10.1 Å². The van der Waals surface area contributed by atoms with Crippen LogP contribution in [0.3, 0.4) is 0 Å². The van der Waals surface area contributed by atoms with Crippen LogP contribution in [-0.4, -0.2) is 19.7 Å². The van der Waals surface area contributed by atoms with Gasteiger partial charge in [-0.2, -0.15) is 0 Å². The molecule has 1 aliphatic rings. The molecule has 1 aromatic rings. The summed E-state index contributed by atoms with van der Waals surface area (Å²) in [6, 6.07) is 6.19. The van der Waals surface area contributed by atoms with Gasteiger partial charge in [0, 0.05) is 4.47 Å². The highest BCUT2D eigenvalue weighted by Crippen LogP contribution is 2.24. The normalized spacial score (nSPS) is 18.3. The van der Waals surface area contributed by atoms with Crippen molar-refractivity contribution in [3.63, 3.8) is 0 Å². The molecule has 0 bridgehead atoms. The van der Waals surface area contributed by atoms with Crippen molar-refractivity contribution in [3.05, 3.63) is 28.2 Å². The Balaban J connectivity index is 1.75. The fourth-order valence-corrected chi connectivity index (χ4v) is 2.95. The summed E-state index contributed by atoms with van der Waals surface area (Å²) in [5, 5.41) is 3.42. The number of nitrogens with one attached hydrogen (secondary N) is 1. The molecule has 1 heterocycles. The largest absolute Gasteiger partial charge is 0.493 e. The molecule has 3 heteroatoms. The quantitative estimate of drug-likeness (QED) is 0.877. The Kier molecular flexibility index (Phi) is 5.71. The van der Waals surface area contributed by atoms with Crippen molar-refractivity contribution in [2.24, 2.45) is 11.8 Å². The van der Waals surface area contributed by atoms with Gasteiger partial charge in [0.2, 0.25) is 0 Å². The van der Waals surface area contributed by atoms with Crippen molar-refractivity contribution in [2.45, 2.75) is 33.1 Å². The van der Waals surface area contributed by atoms with Crippen molar-refractivity contribution < 1.29 is 4.74 Å². The van der Waals surface area contributed by atoms with E-state index in [1.807, 2.05) is 6.07 Å². The van der Waals surface area contributed by atoms with Crippen LogP contribution in [0.5, 0.6) is 5.75 Å². The van der Waals surface area contributed by atoms with Crippen LogP contribution in [0.1, 0.15) is 31.7 Å². The highest BCUT2D eigenvalue weighted by atomic mass is 79.9. The van der Waals surface area contributed by atoms with Gasteiger partial charge in [0.05, 0.1) is 6.61 Å². The van der Waals surface area contributed by atoms with Crippen LogP contribution in [0.2, 0.25) is 0 Å². The minimum absolute atomic E-state index is 0.632. The first-order chi connectivity index (χ1) is 9.15. The average Bonchev–Trinajstić information content (AvgIpc) is 2.41. The van der Waals surface area contributed by atoms with E-state index in [0.717, 1.165) is 22.7 Å². The molecule has 0 saturated carbocycles. The standard InChI is InChI=1S/C16H24BrNO/c1-12(9-14-5-7-18-8-6-14)11-19-15-3-4-16(17)13(2)10-15/h3-4,10,12,14,18H,5-9,11H2,1-2H3/t12-/m1/s1. The fraction of sp³-hybridized carbons (Fsp3) is 0.625. The molecule has 0 aliphatic carbocycles. The maximum atomic E-state index is 5.91. The predicted octanol–water partition coefficient (Wildman–Crippen LogP) is 4.16. The summed E-state index contributed by atoms with van der Waals surface area (Å²) < 4.78 is 7.05. The Morgan fingerprint density at radius 1 is 1.37 bits per heavy atom. The van der Waals surface area contributed by atoms with E-state index in [1.165, 1.54) is 37.9 Å². The molecule has 1 atom stereocenters. The smallest absolute Gasteiger partial charge is 0.119 e. The molecule has 0 spiro atoms. The number of benzene rings is 1. The summed E-state index contributed by atoms with van der Waals surface area (Å²) in [5.41, 5.74) is 1.23. The summed E-state index contributed by atoms with van der Waals surface area (Å²) in [6.07, 6.45) is 3.93. The fourth-order valence-electron chi connectivity index (χ4n) is 2.70. The van der Waals surface area contributed by atoms with Gasteiger partial charge in [-0.05, 0) is 74.9 Å². The van der Waals surface area contributed by atoms with Gasteiger partial charge in [-0.15, -0.1) is 0 Å². The summed E-state index contributed by atoms with van der Waals surface area (Å²) in [4.78, 5) is 0. The van der Waals surface area contributed by atoms with E-state index in [-0.39, 0.29) is 0 Å². The Labute approximate surface area is 125 Å². The van der Waals surface area contributed by atoms with Crippen LogP contribution in [0, 0.1) is 18.8 Å². The molecule has 1 fully saturated rings. The molecule has 0 radical (unpaired) electrons. The third-order valence-electron chi connectivity index (χ3n) is 3.86. The maximum Gasteiger partial charge on any atom is 0.119 e. The second-order valence-electron chi connectivity index (χ2n) is 5.76. The van der Waals surface area contributed by atoms with Crippen molar-refractivity contribution in [1.29, 1.82) is 0 Å². The molecule has 1 aliphatic heterocycles. The third-order valence-corrected chi connectivity index (χ3v) is 4.75. The Morgan fingerprint density at radius 3 is 2.79 bits per heavy atom. The number of piperidine rings is 1. The van der Waals surface area contributed by atoms with E-state index in [2.05, 4.69) is 47.2 Å². The first-order valence-corrected chi connectivity index (χ1v) is 8.04. The molecule has 0 unspecified atom stereocenters. The second kappa shape index (κ2) is 7.30. The van der Waals surface area contributed by atoms with Crippen LogP contribution in [0.4, 0.5) is 0 Å². The first kappa shape index (κ1) is 14.9. The molecular weight excluding hydrogens is 302 g/mol. The van der Waals surface area contributed by atoms with E-state index < -0.39 is 0 Å². The van der Waals surface area contributed by atoms with Gasteiger partial charge in [0.15, 0.2) is 0 Å². The summed E-state index contributed by atoms with van der Waals surface area (Å²) >= 11 is 3.51. The molecule has 1 N–H and O–H groups in total. The van der Waals surface area contributed by atoms with Crippen molar-refractivity contribution in [2.75, 3.05) is 19.7 Å². The third kappa shape index (κ3) is 4.81. The molecule has 1 saturated heterocycles. The monoisotopic (exact) mass is 325 g/mol. The topological polar surface area (TPSA) is 21.3 Å². The van der Waals surface area contributed by atoms with Gasteiger partial charge in [-0.3, -0.25) is 0 Å². The number of aryl methyl sites for hydroxylation is 1. The number of ether oxygens (including phenoxy) is 1. The van der Waals surface area contributed by atoms with Gasteiger partial charge in [-0.1, -0.05) is 22.9 Å². The SMILES string of the molecule is Cc1cc(OC[C@H](C)CC2CCNCC2)ccc1Br. The van der Waals surface area contributed by atoms with E-state index in [9.17, 15) is 0 Å². The second-order valence-corrected chi connectivity index (χ2v) is 6.61. The maximum absolute atomic E-state index is 5.91. The minimum atomic E-state index is 0.632. The Bertz CT molecular complexity index is 402. The van der Waals surface area contributed by atoms with E-state index in [4.69, 9.17) is 4.74 Å². The van der Waals surface area contributed by atoms with Gasteiger partial charge in [0.1, 0.15) is 5.75 Å². The Morgan fingerprint density at radius 2 is 2.11 bits per heavy atom. The summed E-state index contributed by atoms with van der Waals surface area (Å²) in [5.74, 6) is 2.50. The van der Waals surface area contributed by atoms with Crippen molar-refractivity contribution >= 4 is 15.9 Å². The molecule has 106 valence electrons. The highest BCUT2D eigenvalue weighted by Gasteiger charge is 2.16.